The van der Waals surface area contributed by atoms with Crippen molar-refractivity contribution in [1.29, 1.82) is 0 Å². The summed E-state index contributed by atoms with van der Waals surface area (Å²) in [6.07, 6.45) is 5.41. The van der Waals surface area contributed by atoms with Gasteiger partial charge >= 0.3 is 0 Å². The number of fused-ring (bicyclic) bond motifs is 1. The van der Waals surface area contributed by atoms with E-state index >= 15 is 0 Å². The highest BCUT2D eigenvalue weighted by atomic mass is 79.9. The van der Waals surface area contributed by atoms with Gasteiger partial charge < -0.3 is 10.1 Å². The van der Waals surface area contributed by atoms with Gasteiger partial charge in [0.2, 0.25) is 0 Å². The zero-order chi connectivity index (χ0) is 14.7. The van der Waals surface area contributed by atoms with E-state index in [9.17, 15) is 0 Å². The molecule has 1 atom stereocenters. The van der Waals surface area contributed by atoms with Crippen molar-refractivity contribution in [3.8, 4) is 5.75 Å². The van der Waals surface area contributed by atoms with Crippen LogP contribution in [0.15, 0.2) is 41.0 Å². The van der Waals surface area contributed by atoms with E-state index in [1.54, 1.807) is 6.20 Å². The minimum absolute atomic E-state index is 0.447. The molecular weight excluding hydrogens is 328 g/mol. The first kappa shape index (κ1) is 14.5. The third kappa shape index (κ3) is 3.44. The van der Waals surface area contributed by atoms with Crippen molar-refractivity contribution in [2.45, 2.75) is 31.9 Å². The van der Waals surface area contributed by atoms with Crippen molar-refractivity contribution in [3.63, 3.8) is 0 Å². The number of benzene rings is 1. The summed E-state index contributed by atoms with van der Waals surface area (Å²) in [7, 11) is 2.03. The molecule has 1 aromatic carbocycles. The van der Waals surface area contributed by atoms with Crippen molar-refractivity contribution < 1.29 is 4.74 Å². The second-order valence-corrected chi connectivity index (χ2v) is 6.27. The molecule has 2 aromatic rings. The third-order valence-corrected chi connectivity index (χ3v) is 4.42. The number of hydrogen-bond donors (Lipinski definition) is 1. The first-order chi connectivity index (χ1) is 10.3. The van der Waals surface area contributed by atoms with Crippen molar-refractivity contribution in [3.05, 3.63) is 57.8 Å². The molecule has 4 heteroatoms. The molecule has 1 N–H and O–H groups in total. The van der Waals surface area contributed by atoms with Crippen LogP contribution in [0.2, 0.25) is 0 Å². The van der Waals surface area contributed by atoms with Crippen molar-refractivity contribution in [1.82, 2.24) is 10.3 Å². The van der Waals surface area contributed by atoms with Crippen LogP contribution in [0.5, 0.6) is 5.75 Å². The first-order valence-electron chi connectivity index (χ1n) is 7.29. The lowest BCUT2D eigenvalue weighted by Gasteiger charge is -2.25. The van der Waals surface area contributed by atoms with E-state index < -0.39 is 0 Å². The predicted octanol–water partition coefficient (Wildman–Crippen LogP) is 4.02. The van der Waals surface area contributed by atoms with Gasteiger partial charge in [0.25, 0.3) is 0 Å². The third-order valence-electron chi connectivity index (χ3n) is 3.96. The van der Waals surface area contributed by atoms with E-state index in [2.05, 4.69) is 44.4 Å². The molecule has 3 nitrogen and oxygen atoms in total. The Kier molecular flexibility index (Phi) is 4.56. The largest absolute Gasteiger partial charge is 0.487 e. The summed E-state index contributed by atoms with van der Waals surface area (Å²) in [6, 6.07) is 10.8. The molecule has 0 saturated heterocycles. The van der Waals surface area contributed by atoms with Gasteiger partial charge in [-0.3, -0.25) is 4.98 Å². The molecule has 1 aliphatic carbocycles. The van der Waals surface area contributed by atoms with Gasteiger partial charge in [-0.1, -0.05) is 6.07 Å². The van der Waals surface area contributed by atoms with Crippen LogP contribution in [0.25, 0.3) is 0 Å². The fourth-order valence-electron chi connectivity index (χ4n) is 2.82. The van der Waals surface area contributed by atoms with Gasteiger partial charge in [-0.2, -0.15) is 0 Å². The topological polar surface area (TPSA) is 34.1 Å². The Morgan fingerprint density at radius 3 is 3.00 bits per heavy atom. The quantitative estimate of drug-likeness (QED) is 0.907. The Balaban J connectivity index is 1.73. The zero-order valence-corrected chi connectivity index (χ0v) is 13.7. The lowest BCUT2D eigenvalue weighted by atomic mass is 9.87. The summed E-state index contributed by atoms with van der Waals surface area (Å²) in [6.45, 7) is 0.496. The highest BCUT2D eigenvalue weighted by Gasteiger charge is 2.19. The molecule has 110 valence electrons. The van der Waals surface area contributed by atoms with Crippen molar-refractivity contribution in [2.75, 3.05) is 7.05 Å². The number of pyridine rings is 1. The molecule has 0 amide bonds. The Hall–Kier alpha value is -1.39. The van der Waals surface area contributed by atoms with Crippen molar-refractivity contribution >= 4 is 15.9 Å². The highest BCUT2D eigenvalue weighted by molar-refractivity contribution is 9.10. The molecule has 0 spiro atoms. The van der Waals surface area contributed by atoms with Gasteiger partial charge in [0.15, 0.2) is 0 Å². The molecule has 0 aliphatic heterocycles. The molecule has 1 aromatic heterocycles. The van der Waals surface area contributed by atoms with Gasteiger partial charge in [-0.15, -0.1) is 0 Å². The number of hydrogen-bond acceptors (Lipinski definition) is 3. The van der Waals surface area contributed by atoms with E-state index in [1.165, 1.54) is 30.4 Å². The number of ether oxygens (including phenoxy) is 1. The lowest BCUT2D eigenvalue weighted by molar-refractivity contribution is 0.300. The van der Waals surface area contributed by atoms with Crippen LogP contribution in [-0.4, -0.2) is 12.0 Å². The summed E-state index contributed by atoms with van der Waals surface area (Å²) < 4.78 is 6.87. The normalized spacial score (nSPS) is 17.3. The second-order valence-electron chi connectivity index (χ2n) is 5.35. The van der Waals surface area contributed by atoms with Crippen LogP contribution in [0.4, 0.5) is 0 Å². The van der Waals surface area contributed by atoms with Crippen LogP contribution < -0.4 is 10.1 Å². The number of nitrogens with one attached hydrogen (secondary N) is 1. The fourth-order valence-corrected chi connectivity index (χ4v) is 3.05. The van der Waals surface area contributed by atoms with Crippen LogP contribution >= 0.6 is 15.9 Å². The molecule has 0 radical (unpaired) electrons. The smallest absolute Gasteiger partial charge is 0.130 e. The SMILES string of the molecule is CNC1CCCc2ccc(OCc3ccc(Br)cn3)cc21. The molecule has 0 fully saturated rings. The number of halogens is 1. The monoisotopic (exact) mass is 346 g/mol. The van der Waals surface area contributed by atoms with Gasteiger partial charge in [0.1, 0.15) is 12.4 Å². The molecule has 1 aliphatic rings. The number of nitrogens with zero attached hydrogens (tertiary/aromatic N) is 1. The number of aromatic nitrogens is 1. The summed E-state index contributed by atoms with van der Waals surface area (Å²) in [5, 5.41) is 3.39. The van der Waals surface area contributed by atoms with E-state index in [4.69, 9.17) is 4.74 Å². The molecular formula is C17H19BrN2O. The zero-order valence-electron chi connectivity index (χ0n) is 12.1. The second kappa shape index (κ2) is 6.58. The minimum Gasteiger partial charge on any atom is -0.487 e. The Morgan fingerprint density at radius 2 is 2.24 bits per heavy atom. The predicted molar refractivity (Wildman–Crippen MR) is 87.4 cm³/mol. The summed E-state index contributed by atoms with van der Waals surface area (Å²) in [5.41, 5.74) is 3.75. The summed E-state index contributed by atoms with van der Waals surface area (Å²) in [5.74, 6) is 0.917. The number of aryl methyl sites for hydroxylation is 1. The van der Waals surface area contributed by atoms with Crippen LogP contribution in [-0.2, 0) is 13.0 Å². The Morgan fingerprint density at radius 1 is 1.33 bits per heavy atom. The summed E-state index contributed by atoms with van der Waals surface area (Å²) in [4.78, 5) is 4.33. The summed E-state index contributed by atoms with van der Waals surface area (Å²) >= 11 is 3.39. The number of rotatable bonds is 4. The maximum Gasteiger partial charge on any atom is 0.130 e. The van der Waals surface area contributed by atoms with Gasteiger partial charge in [-0.05, 0) is 77.6 Å². The fraction of sp³-hybridized carbons (Fsp3) is 0.353. The van der Waals surface area contributed by atoms with Gasteiger partial charge in [0, 0.05) is 16.7 Å². The minimum atomic E-state index is 0.447. The maximum atomic E-state index is 5.89. The standard InChI is InChI=1S/C17H19BrN2O/c1-19-17-4-2-3-12-5-8-15(9-16(12)17)21-11-14-7-6-13(18)10-20-14/h5-10,17,19H,2-4,11H2,1H3. The van der Waals surface area contributed by atoms with Crippen LogP contribution in [0, 0.1) is 0 Å². The van der Waals surface area contributed by atoms with Crippen molar-refractivity contribution in [2.24, 2.45) is 0 Å². The van der Waals surface area contributed by atoms with Crippen LogP contribution in [0.3, 0.4) is 0 Å². The van der Waals surface area contributed by atoms with E-state index in [1.807, 2.05) is 19.2 Å². The molecule has 0 saturated carbocycles. The van der Waals surface area contributed by atoms with Crippen LogP contribution in [0.1, 0.15) is 35.7 Å². The highest BCUT2D eigenvalue weighted by Crippen LogP contribution is 2.32. The average Bonchev–Trinajstić information content (AvgIpc) is 2.53. The molecule has 1 heterocycles. The van der Waals surface area contributed by atoms with E-state index in [0.29, 0.717) is 12.6 Å². The molecule has 1 unspecified atom stereocenters. The molecule has 0 bridgehead atoms. The first-order valence-corrected chi connectivity index (χ1v) is 8.09. The average molecular weight is 347 g/mol. The molecule has 3 rings (SSSR count). The molecule has 21 heavy (non-hydrogen) atoms. The van der Waals surface area contributed by atoms with Gasteiger partial charge in [-0.25, -0.2) is 0 Å². The Labute approximate surface area is 133 Å². The Bertz CT molecular complexity index is 613. The van der Waals surface area contributed by atoms with Gasteiger partial charge in [0.05, 0.1) is 5.69 Å². The maximum absolute atomic E-state index is 5.89. The van der Waals surface area contributed by atoms with E-state index in [0.717, 1.165) is 15.9 Å². The lowest BCUT2D eigenvalue weighted by Crippen LogP contribution is -2.21. The van der Waals surface area contributed by atoms with E-state index in [-0.39, 0.29) is 0 Å².